The van der Waals surface area contributed by atoms with Gasteiger partial charge in [0.25, 0.3) is 0 Å². The Bertz CT molecular complexity index is 2200. The van der Waals surface area contributed by atoms with Crippen molar-refractivity contribution >= 4 is 55.6 Å². The van der Waals surface area contributed by atoms with Gasteiger partial charge >= 0.3 is 0 Å². The molecule has 0 saturated carbocycles. The highest BCUT2D eigenvalue weighted by atomic mass is 35.5. The van der Waals surface area contributed by atoms with E-state index in [0.717, 1.165) is 60.5 Å². The van der Waals surface area contributed by atoms with Crippen molar-refractivity contribution in [2.75, 3.05) is 0 Å². The molecule has 7 heteroatoms. The highest BCUT2D eigenvalue weighted by Crippen LogP contribution is 2.36. The van der Waals surface area contributed by atoms with Gasteiger partial charge in [0.05, 0.1) is 5.39 Å². The van der Waals surface area contributed by atoms with Crippen molar-refractivity contribution in [2.45, 2.75) is 0 Å². The maximum Gasteiger partial charge on any atom is 0.228 e. The zero-order chi connectivity index (χ0) is 25.9. The van der Waals surface area contributed by atoms with Gasteiger partial charge in [-0.15, -0.1) is 0 Å². The fraction of sp³-hybridized carbons (Fsp3) is 0. The minimum absolute atomic E-state index is 0.118. The van der Waals surface area contributed by atoms with E-state index in [1.807, 2.05) is 72.8 Å². The van der Waals surface area contributed by atoms with Crippen LogP contribution in [0, 0.1) is 0 Å². The Morgan fingerprint density at radius 1 is 0.538 bits per heavy atom. The maximum absolute atomic E-state index is 6.40. The van der Waals surface area contributed by atoms with Crippen molar-refractivity contribution in [3.63, 3.8) is 0 Å². The summed E-state index contributed by atoms with van der Waals surface area (Å²) in [6, 6.07) is 32.1. The van der Waals surface area contributed by atoms with Crippen LogP contribution in [0.4, 0.5) is 0 Å². The highest BCUT2D eigenvalue weighted by Gasteiger charge is 2.17. The first-order valence-corrected chi connectivity index (χ1v) is 12.8. The lowest BCUT2D eigenvalue weighted by atomic mass is 10.0. The van der Waals surface area contributed by atoms with Gasteiger partial charge in [0.1, 0.15) is 16.7 Å². The van der Waals surface area contributed by atoms with E-state index in [1.54, 1.807) is 6.20 Å². The Balaban J connectivity index is 1.19. The second-order valence-electron chi connectivity index (χ2n) is 9.28. The van der Waals surface area contributed by atoms with Crippen molar-refractivity contribution in [3.8, 4) is 33.9 Å². The number of furan rings is 2. The summed E-state index contributed by atoms with van der Waals surface area (Å²) < 4.78 is 12.0. The third-order valence-electron chi connectivity index (χ3n) is 6.98. The molecule has 4 aromatic carbocycles. The summed E-state index contributed by atoms with van der Waals surface area (Å²) in [7, 11) is 0. The molecule has 6 nitrogen and oxygen atoms in total. The number of fused-ring (bicyclic) bond motifs is 6. The van der Waals surface area contributed by atoms with Crippen LogP contribution >= 0.6 is 11.6 Å². The lowest BCUT2D eigenvalue weighted by Gasteiger charge is -2.07. The minimum Gasteiger partial charge on any atom is -0.456 e. The van der Waals surface area contributed by atoms with Crippen LogP contribution in [0.15, 0.2) is 112 Å². The van der Waals surface area contributed by atoms with Gasteiger partial charge in [-0.05, 0) is 53.1 Å². The molecule has 39 heavy (non-hydrogen) atoms. The first-order valence-electron chi connectivity index (χ1n) is 12.4. The van der Waals surface area contributed by atoms with Gasteiger partial charge in [-0.25, -0.2) is 9.97 Å². The molecular weight excluding hydrogens is 508 g/mol. The third kappa shape index (κ3) is 3.57. The maximum atomic E-state index is 6.40. The molecule has 0 atom stereocenters. The molecular formula is C32H17ClN4O2. The molecule has 4 aromatic heterocycles. The summed E-state index contributed by atoms with van der Waals surface area (Å²) in [6.45, 7) is 0. The van der Waals surface area contributed by atoms with E-state index in [2.05, 4.69) is 39.2 Å². The molecule has 8 aromatic rings. The van der Waals surface area contributed by atoms with E-state index in [9.17, 15) is 0 Å². The van der Waals surface area contributed by atoms with Crippen molar-refractivity contribution in [3.05, 3.63) is 109 Å². The number of halogens is 1. The molecule has 0 aliphatic rings. The molecule has 4 heterocycles. The summed E-state index contributed by atoms with van der Waals surface area (Å²) in [6.07, 6.45) is 1.69. The van der Waals surface area contributed by atoms with Crippen LogP contribution in [0.3, 0.4) is 0 Å². The monoisotopic (exact) mass is 524 g/mol. The average molecular weight is 525 g/mol. The molecule has 0 aliphatic carbocycles. The van der Waals surface area contributed by atoms with Gasteiger partial charge in [0.2, 0.25) is 11.0 Å². The van der Waals surface area contributed by atoms with Gasteiger partial charge in [-0.3, -0.25) is 0 Å². The van der Waals surface area contributed by atoms with Crippen LogP contribution in [0.5, 0.6) is 0 Å². The van der Waals surface area contributed by atoms with Gasteiger partial charge in [-0.1, -0.05) is 66.7 Å². The Labute approximate surface area is 226 Å². The van der Waals surface area contributed by atoms with Crippen LogP contribution in [-0.2, 0) is 0 Å². The molecule has 184 valence electrons. The predicted octanol–water partition coefficient (Wildman–Crippen LogP) is 8.72. The van der Waals surface area contributed by atoms with Gasteiger partial charge in [0, 0.05) is 33.5 Å². The lowest BCUT2D eigenvalue weighted by molar-refractivity contribution is 0.654. The molecule has 0 bridgehead atoms. The van der Waals surface area contributed by atoms with Crippen LogP contribution < -0.4 is 0 Å². The van der Waals surface area contributed by atoms with Gasteiger partial charge < -0.3 is 8.83 Å². The topological polar surface area (TPSA) is 77.8 Å². The van der Waals surface area contributed by atoms with Crippen molar-refractivity contribution in [1.29, 1.82) is 0 Å². The van der Waals surface area contributed by atoms with Crippen LogP contribution in [0.2, 0.25) is 5.28 Å². The quantitative estimate of drug-likeness (QED) is 0.230. The Morgan fingerprint density at radius 3 is 2.05 bits per heavy atom. The van der Waals surface area contributed by atoms with E-state index in [0.29, 0.717) is 17.4 Å². The molecule has 0 fully saturated rings. The van der Waals surface area contributed by atoms with Gasteiger partial charge in [-0.2, -0.15) is 9.97 Å². The Kier molecular flexibility index (Phi) is 4.77. The smallest absolute Gasteiger partial charge is 0.228 e. The van der Waals surface area contributed by atoms with Crippen LogP contribution in [0.25, 0.3) is 77.9 Å². The summed E-state index contributed by atoms with van der Waals surface area (Å²) in [5.74, 6) is 0.949. The SMILES string of the molecule is Clc1nc(-c2ccc(-c3ccc4c(c3)oc3ccccc34)cc2)nc(-c2ccnc3oc4ccccc4c23)n1. The average Bonchev–Trinajstić information content (AvgIpc) is 3.55. The molecule has 0 unspecified atom stereocenters. The van der Waals surface area contributed by atoms with Crippen molar-refractivity contribution in [2.24, 2.45) is 0 Å². The third-order valence-corrected chi connectivity index (χ3v) is 7.15. The van der Waals surface area contributed by atoms with Crippen LogP contribution in [0.1, 0.15) is 0 Å². The molecule has 0 radical (unpaired) electrons. The van der Waals surface area contributed by atoms with E-state index in [4.69, 9.17) is 25.4 Å². The number of hydrogen-bond donors (Lipinski definition) is 0. The van der Waals surface area contributed by atoms with Gasteiger partial charge in [0.15, 0.2) is 11.6 Å². The molecule has 0 amide bonds. The molecule has 0 saturated heterocycles. The fourth-order valence-electron chi connectivity index (χ4n) is 5.15. The summed E-state index contributed by atoms with van der Waals surface area (Å²) in [4.78, 5) is 18.0. The Morgan fingerprint density at radius 2 is 1.21 bits per heavy atom. The number of para-hydroxylation sites is 2. The number of pyridine rings is 1. The second-order valence-corrected chi connectivity index (χ2v) is 9.61. The Hall–Kier alpha value is -5.07. The summed E-state index contributed by atoms with van der Waals surface area (Å²) in [5.41, 5.74) is 6.76. The lowest BCUT2D eigenvalue weighted by Crippen LogP contribution is -1.98. The van der Waals surface area contributed by atoms with E-state index in [1.165, 1.54) is 0 Å². The van der Waals surface area contributed by atoms with E-state index in [-0.39, 0.29) is 5.28 Å². The van der Waals surface area contributed by atoms with E-state index >= 15 is 0 Å². The minimum atomic E-state index is 0.118. The predicted molar refractivity (Wildman–Crippen MR) is 153 cm³/mol. The first-order chi connectivity index (χ1) is 19.2. The molecule has 0 N–H and O–H groups in total. The summed E-state index contributed by atoms with van der Waals surface area (Å²) in [5, 5.41) is 4.13. The number of hydrogen-bond acceptors (Lipinski definition) is 6. The zero-order valence-electron chi connectivity index (χ0n) is 20.3. The number of nitrogens with zero attached hydrogens (tertiary/aromatic N) is 4. The normalized spacial score (nSPS) is 11.7. The number of benzene rings is 4. The second kappa shape index (κ2) is 8.48. The first kappa shape index (κ1) is 22.0. The fourth-order valence-corrected chi connectivity index (χ4v) is 5.31. The molecule has 0 spiro atoms. The van der Waals surface area contributed by atoms with Crippen molar-refractivity contribution < 1.29 is 8.83 Å². The largest absolute Gasteiger partial charge is 0.456 e. The van der Waals surface area contributed by atoms with E-state index < -0.39 is 0 Å². The number of rotatable bonds is 3. The molecule has 0 aliphatic heterocycles. The molecule has 8 rings (SSSR count). The number of aromatic nitrogens is 4. The van der Waals surface area contributed by atoms with Crippen LogP contribution in [-0.4, -0.2) is 19.9 Å². The standard InChI is InChI=1S/C32H17ClN4O2/c33-32-36-29(35-30(37-32)24-15-16-34-31-28(24)23-6-2-4-8-26(23)39-31)19-11-9-18(10-12-19)20-13-14-22-21-5-1-3-7-25(21)38-27(22)17-20/h1-17H. The zero-order valence-corrected chi connectivity index (χ0v) is 21.1. The summed E-state index contributed by atoms with van der Waals surface area (Å²) >= 11 is 6.40. The van der Waals surface area contributed by atoms with Crippen molar-refractivity contribution in [1.82, 2.24) is 19.9 Å². The highest BCUT2D eigenvalue weighted by molar-refractivity contribution is 6.28.